The Morgan fingerprint density at radius 2 is 2.33 bits per heavy atom. The number of halogens is 2. The number of aromatic nitrogens is 3. The van der Waals surface area contributed by atoms with E-state index in [1.807, 2.05) is 0 Å². The first kappa shape index (κ1) is 9.79. The normalized spacial score (nSPS) is 10.3. The van der Waals surface area contributed by atoms with Crippen LogP contribution < -0.4 is 0 Å². The fraction of sp³-hybridized carbons (Fsp3) is 0. The van der Waals surface area contributed by atoms with Crippen LogP contribution in [0.2, 0.25) is 5.15 Å². The molecule has 0 radical (unpaired) electrons. The Labute approximate surface area is 89.3 Å². The number of nitrogens with zero attached hydrogens (tertiary/aromatic N) is 3. The van der Waals surface area contributed by atoms with Crippen molar-refractivity contribution in [3.05, 3.63) is 41.1 Å². The van der Waals surface area contributed by atoms with Crippen molar-refractivity contribution in [2.75, 3.05) is 0 Å². The highest BCUT2D eigenvalue weighted by Crippen LogP contribution is 2.11. The molecule has 0 aliphatic heterocycles. The van der Waals surface area contributed by atoms with Gasteiger partial charge in [-0.2, -0.15) is 5.10 Å². The second-order valence-corrected chi connectivity index (χ2v) is 3.15. The highest BCUT2D eigenvalue weighted by Gasteiger charge is 2.06. The van der Waals surface area contributed by atoms with E-state index >= 15 is 0 Å². The molecule has 2 rings (SSSR count). The first-order valence-electron chi connectivity index (χ1n) is 4.03. The van der Waals surface area contributed by atoms with Crippen LogP contribution in [0.4, 0.5) is 4.39 Å². The molecule has 0 atom stereocenters. The van der Waals surface area contributed by atoms with Crippen molar-refractivity contribution in [2.45, 2.75) is 0 Å². The maximum absolute atomic E-state index is 12.9. The molecule has 15 heavy (non-hydrogen) atoms. The average Bonchev–Trinajstić information content (AvgIpc) is 2.66. The summed E-state index contributed by atoms with van der Waals surface area (Å²) in [7, 11) is 0. The molecule has 2 aromatic heterocycles. The first-order valence-corrected chi connectivity index (χ1v) is 4.41. The van der Waals surface area contributed by atoms with Crippen LogP contribution in [-0.2, 0) is 0 Å². The van der Waals surface area contributed by atoms with Gasteiger partial charge in [-0.25, -0.2) is 14.1 Å². The summed E-state index contributed by atoms with van der Waals surface area (Å²) in [5.41, 5.74) is -0.0633. The molecule has 0 saturated carbocycles. The van der Waals surface area contributed by atoms with Gasteiger partial charge >= 0.3 is 0 Å². The Balaban J connectivity index is 2.50. The van der Waals surface area contributed by atoms with E-state index in [4.69, 9.17) is 11.6 Å². The van der Waals surface area contributed by atoms with Gasteiger partial charge in [0.25, 0.3) is 0 Å². The number of carbonyl (C=O) groups excluding carboxylic acids is 1. The molecule has 0 aliphatic carbocycles. The van der Waals surface area contributed by atoms with E-state index in [0.29, 0.717) is 17.3 Å². The van der Waals surface area contributed by atoms with Crippen LogP contribution in [0.15, 0.2) is 24.5 Å². The Hall–Kier alpha value is -1.75. The Morgan fingerprint density at radius 1 is 1.53 bits per heavy atom. The highest BCUT2D eigenvalue weighted by molar-refractivity contribution is 6.29. The predicted molar refractivity (Wildman–Crippen MR) is 51.7 cm³/mol. The number of hydrogen-bond acceptors (Lipinski definition) is 3. The molecular weight excluding hydrogens is 221 g/mol. The maximum Gasteiger partial charge on any atom is 0.154 e. The molecule has 0 N–H and O–H groups in total. The van der Waals surface area contributed by atoms with Gasteiger partial charge in [0.1, 0.15) is 0 Å². The minimum absolute atomic E-state index is 0.0633. The van der Waals surface area contributed by atoms with Crippen LogP contribution in [0.3, 0.4) is 0 Å². The standard InChI is InChI=1S/C9H5ClFN3O/c10-8-1-2-14(13-8)9-3-6(5-15)7(11)4-12-9/h1-5H. The van der Waals surface area contributed by atoms with Gasteiger partial charge in [0.15, 0.2) is 23.1 Å². The number of pyridine rings is 1. The van der Waals surface area contributed by atoms with Crippen LogP contribution >= 0.6 is 11.6 Å². The van der Waals surface area contributed by atoms with Gasteiger partial charge in [-0.3, -0.25) is 4.79 Å². The summed E-state index contributed by atoms with van der Waals surface area (Å²) in [6.45, 7) is 0. The van der Waals surface area contributed by atoms with Gasteiger partial charge in [-0.05, 0) is 12.1 Å². The molecule has 2 heterocycles. The van der Waals surface area contributed by atoms with E-state index in [-0.39, 0.29) is 5.56 Å². The van der Waals surface area contributed by atoms with Gasteiger partial charge in [0, 0.05) is 6.20 Å². The zero-order chi connectivity index (χ0) is 10.8. The number of aldehydes is 1. The molecule has 0 amide bonds. The van der Waals surface area contributed by atoms with Crippen molar-refractivity contribution in [3.8, 4) is 5.82 Å². The van der Waals surface area contributed by atoms with Gasteiger partial charge in [-0.1, -0.05) is 11.6 Å². The molecule has 76 valence electrons. The molecule has 0 fully saturated rings. The lowest BCUT2D eigenvalue weighted by Crippen LogP contribution is -2.00. The maximum atomic E-state index is 12.9. The van der Waals surface area contributed by atoms with Gasteiger partial charge < -0.3 is 0 Å². The fourth-order valence-electron chi connectivity index (χ4n) is 1.09. The minimum Gasteiger partial charge on any atom is -0.298 e. The Kier molecular flexibility index (Phi) is 2.47. The van der Waals surface area contributed by atoms with E-state index < -0.39 is 5.82 Å². The summed E-state index contributed by atoms with van der Waals surface area (Å²) in [4.78, 5) is 14.3. The Bertz CT molecular complexity index is 512. The van der Waals surface area contributed by atoms with Gasteiger partial charge in [-0.15, -0.1) is 0 Å². The summed E-state index contributed by atoms with van der Waals surface area (Å²) >= 11 is 5.61. The molecule has 0 aromatic carbocycles. The summed E-state index contributed by atoms with van der Waals surface area (Å²) < 4.78 is 14.3. The molecular formula is C9H5ClFN3O. The molecule has 0 saturated heterocycles. The third-order valence-corrected chi connectivity index (χ3v) is 1.99. The Morgan fingerprint density at radius 3 is 2.93 bits per heavy atom. The lowest BCUT2D eigenvalue weighted by Gasteiger charge is -2.00. The fourth-order valence-corrected chi connectivity index (χ4v) is 1.23. The lowest BCUT2D eigenvalue weighted by atomic mass is 10.3. The predicted octanol–water partition coefficient (Wildman–Crippen LogP) is 1.87. The molecule has 0 bridgehead atoms. The number of carbonyl (C=O) groups is 1. The topological polar surface area (TPSA) is 47.8 Å². The first-order chi connectivity index (χ1) is 7.20. The SMILES string of the molecule is O=Cc1cc(-n2ccc(Cl)n2)ncc1F. The quantitative estimate of drug-likeness (QED) is 0.733. The highest BCUT2D eigenvalue weighted by atomic mass is 35.5. The third kappa shape index (κ3) is 1.87. The average molecular weight is 226 g/mol. The van der Waals surface area contributed by atoms with Crippen LogP contribution in [0.1, 0.15) is 10.4 Å². The van der Waals surface area contributed by atoms with E-state index in [1.54, 1.807) is 12.3 Å². The van der Waals surface area contributed by atoms with E-state index in [2.05, 4.69) is 10.1 Å². The largest absolute Gasteiger partial charge is 0.298 e. The molecule has 2 aromatic rings. The van der Waals surface area contributed by atoms with Crippen LogP contribution in [0, 0.1) is 5.82 Å². The minimum atomic E-state index is -0.660. The zero-order valence-electron chi connectivity index (χ0n) is 7.39. The summed E-state index contributed by atoms with van der Waals surface area (Å²) in [6.07, 6.45) is 2.96. The third-order valence-electron chi connectivity index (χ3n) is 1.79. The van der Waals surface area contributed by atoms with Gasteiger partial charge in [0.05, 0.1) is 11.8 Å². The van der Waals surface area contributed by atoms with Crippen LogP contribution in [-0.4, -0.2) is 21.1 Å². The summed E-state index contributed by atoms with van der Waals surface area (Å²) in [5.74, 6) is -0.322. The smallest absolute Gasteiger partial charge is 0.154 e. The molecule has 0 spiro atoms. The zero-order valence-corrected chi connectivity index (χ0v) is 8.15. The van der Waals surface area contributed by atoms with Crippen molar-refractivity contribution < 1.29 is 9.18 Å². The second-order valence-electron chi connectivity index (χ2n) is 2.76. The summed E-state index contributed by atoms with van der Waals surface area (Å²) in [5, 5.41) is 4.17. The number of hydrogen-bond donors (Lipinski definition) is 0. The van der Waals surface area contributed by atoms with E-state index in [0.717, 1.165) is 6.20 Å². The van der Waals surface area contributed by atoms with Crippen molar-refractivity contribution >= 4 is 17.9 Å². The van der Waals surface area contributed by atoms with Crippen molar-refractivity contribution in [1.82, 2.24) is 14.8 Å². The lowest BCUT2D eigenvalue weighted by molar-refractivity contribution is 0.111. The second kappa shape index (κ2) is 3.78. The number of rotatable bonds is 2. The molecule has 6 heteroatoms. The van der Waals surface area contributed by atoms with E-state index in [9.17, 15) is 9.18 Å². The van der Waals surface area contributed by atoms with Crippen LogP contribution in [0.5, 0.6) is 0 Å². The van der Waals surface area contributed by atoms with Crippen LogP contribution in [0.25, 0.3) is 5.82 Å². The van der Waals surface area contributed by atoms with E-state index in [1.165, 1.54) is 10.7 Å². The summed E-state index contributed by atoms with van der Waals surface area (Å²) in [6, 6.07) is 2.86. The molecule has 0 unspecified atom stereocenters. The van der Waals surface area contributed by atoms with Gasteiger partial charge in [0.2, 0.25) is 0 Å². The monoisotopic (exact) mass is 225 g/mol. The molecule has 4 nitrogen and oxygen atoms in total. The molecule has 0 aliphatic rings. The van der Waals surface area contributed by atoms with Crippen molar-refractivity contribution in [3.63, 3.8) is 0 Å². The van der Waals surface area contributed by atoms with Crippen molar-refractivity contribution in [2.24, 2.45) is 0 Å². The van der Waals surface area contributed by atoms with Crippen molar-refractivity contribution in [1.29, 1.82) is 0 Å².